The quantitative estimate of drug-likeness (QED) is 0.395. The SMILES string of the molecule is CNSOC. The van der Waals surface area contributed by atoms with Crippen molar-refractivity contribution < 1.29 is 4.18 Å². The van der Waals surface area contributed by atoms with E-state index in [9.17, 15) is 0 Å². The van der Waals surface area contributed by atoms with Crippen LogP contribution in [0.3, 0.4) is 0 Å². The van der Waals surface area contributed by atoms with Gasteiger partial charge in [0.15, 0.2) is 0 Å². The Kier molecular flexibility index (Phi) is 4.50. The van der Waals surface area contributed by atoms with E-state index < -0.39 is 0 Å². The summed E-state index contributed by atoms with van der Waals surface area (Å²) >= 11 is 1.21. The third-order valence-electron chi connectivity index (χ3n) is 0.167. The molecule has 0 aromatic heterocycles. The molecule has 0 aromatic rings. The zero-order valence-electron chi connectivity index (χ0n) is 3.32. The second-order valence-corrected chi connectivity index (χ2v) is 1.36. The van der Waals surface area contributed by atoms with Crippen molar-refractivity contribution in [2.45, 2.75) is 0 Å². The molecule has 0 saturated carbocycles. The van der Waals surface area contributed by atoms with Gasteiger partial charge in [0.25, 0.3) is 0 Å². The minimum absolute atomic E-state index is 1.21. The van der Waals surface area contributed by atoms with Crippen LogP contribution in [-0.4, -0.2) is 14.2 Å². The molecule has 0 heterocycles. The predicted octanol–water partition coefficient (Wildman–Crippen LogP) is 0.415. The van der Waals surface area contributed by atoms with Crippen molar-refractivity contribution in [3.8, 4) is 0 Å². The maximum Gasteiger partial charge on any atom is 0.0783 e. The summed E-state index contributed by atoms with van der Waals surface area (Å²) in [5.41, 5.74) is 0. The largest absolute Gasteiger partial charge is 0.305 e. The summed E-state index contributed by atoms with van der Waals surface area (Å²) in [4.78, 5) is 0. The minimum Gasteiger partial charge on any atom is -0.305 e. The fraction of sp³-hybridized carbons (Fsp3) is 1.00. The number of hydrogen-bond acceptors (Lipinski definition) is 3. The van der Waals surface area contributed by atoms with E-state index in [0.29, 0.717) is 0 Å². The first kappa shape index (κ1) is 5.27. The molecule has 0 amide bonds. The van der Waals surface area contributed by atoms with E-state index in [1.807, 2.05) is 0 Å². The first-order chi connectivity index (χ1) is 2.41. The molecule has 0 fully saturated rings. The number of nitrogens with one attached hydrogen (secondary N) is 1. The molecule has 2 nitrogen and oxygen atoms in total. The predicted molar refractivity (Wildman–Crippen MR) is 23.7 cm³/mol. The first-order valence-corrected chi connectivity index (χ1v) is 2.02. The molecular formula is C2H7NOS. The van der Waals surface area contributed by atoms with Crippen LogP contribution >= 0.6 is 12.2 Å². The van der Waals surface area contributed by atoms with Gasteiger partial charge in [-0.25, -0.2) is 4.72 Å². The Morgan fingerprint density at radius 3 is 2.40 bits per heavy atom. The fourth-order valence-corrected chi connectivity index (χ4v) is 0.250. The van der Waals surface area contributed by atoms with E-state index in [4.69, 9.17) is 0 Å². The molecule has 0 bridgehead atoms. The second kappa shape index (κ2) is 4.27. The molecule has 0 radical (unpaired) electrons. The van der Waals surface area contributed by atoms with Crippen molar-refractivity contribution in [3.05, 3.63) is 0 Å². The molecular weight excluding hydrogens is 86.1 g/mol. The Labute approximate surface area is 36.2 Å². The van der Waals surface area contributed by atoms with Crippen molar-refractivity contribution in [2.24, 2.45) is 0 Å². The van der Waals surface area contributed by atoms with Gasteiger partial charge >= 0.3 is 0 Å². The monoisotopic (exact) mass is 93.0 g/mol. The van der Waals surface area contributed by atoms with E-state index in [1.54, 1.807) is 14.2 Å². The standard InChI is InChI=1S/C2H7NOS/c1-3-5-4-2/h3H,1-2H3. The molecule has 0 saturated heterocycles. The highest BCUT2D eigenvalue weighted by Gasteiger charge is 1.64. The van der Waals surface area contributed by atoms with Gasteiger partial charge in [-0.1, -0.05) is 0 Å². The van der Waals surface area contributed by atoms with E-state index in [-0.39, 0.29) is 0 Å². The van der Waals surface area contributed by atoms with Gasteiger partial charge in [0, 0.05) is 0 Å². The van der Waals surface area contributed by atoms with Gasteiger partial charge in [0.1, 0.15) is 0 Å². The molecule has 0 aliphatic rings. The van der Waals surface area contributed by atoms with Crippen molar-refractivity contribution in [1.82, 2.24) is 4.72 Å². The van der Waals surface area contributed by atoms with Crippen molar-refractivity contribution in [1.29, 1.82) is 0 Å². The van der Waals surface area contributed by atoms with Gasteiger partial charge in [-0.15, -0.1) is 0 Å². The number of hydrogen-bond donors (Lipinski definition) is 1. The first-order valence-electron chi connectivity index (χ1n) is 1.28. The van der Waals surface area contributed by atoms with E-state index in [2.05, 4.69) is 8.91 Å². The van der Waals surface area contributed by atoms with Crippen LogP contribution in [0, 0.1) is 0 Å². The molecule has 3 heteroatoms. The lowest BCUT2D eigenvalue weighted by Gasteiger charge is -1.85. The Morgan fingerprint density at radius 2 is 2.40 bits per heavy atom. The minimum atomic E-state index is 1.21. The molecule has 0 rings (SSSR count). The zero-order chi connectivity index (χ0) is 4.12. The Hall–Kier alpha value is 0.270. The van der Waals surface area contributed by atoms with Crippen LogP contribution in [0.5, 0.6) is 0 Å². The molecule has 0 unspecified atom stereocenters. The van der Waals surface area contributed by atoms with Crippen LogP contribution < -0.4 is 4.72 Å². The number of rotatable bonds is 2. The summed E-state index contributed by atoms with van der Waals surface area (Å²) in [5.74, 6) is 0. The van der Waals surface area contributed by atoms with Crippen LogP contribution in [0.1, 0.15) is 0 Å². The lowest BCUT2D eigenvalue weighted by molar-refractivity contribution is 0.486. The average Bonchev–Trinajstić information content (AvgIpc) is 1.41. The normalized spacial score (nSPS) is 8.40. The van der Waals surface area contributed by atoms with Crippen molar-refractivity contribution >= 4 is 12.2 Å². The van der Waals surface area contributed by atoms with E-state index in [1.165, 1.54) is 12.2 Å². The van der Waals surface area contributed by atoms with Crippen LogP contribution in [0.2, 0.25) is 0 Å². The van der Waals surface area contributed by atoms with Crippen LogP contribution in [0.4, 0.5) is 0 Å². The fourth-order valence-electron chi connectivity index (χ4n) is 0.0833. The van der Waals surface area contributed by atoms with Gasteiger partial charge in [-0.2, -0.15) is 0 Å². The lowest BCUT2D eigenvalue weighted by atomic mass is 11.6. The maximum atomic E-state index is 4.50. The highest BCUT2D eigenvalue weighted by Crippen LogP contribution is 1.84. The van der Waals surface area contributed by atoms with Gasteiger partial charge in [-0.05, 0) is 7.05 Å². The summed E-state index contributed by atoms with van der Waals surface area (Å²) in [6, 6.07) is 0. The van der Waals surface area contributed by atoms with Gasteiger partial charge in [0.2, 0.25) is 0 Å². The summed E-state index contributed by atoms with van der Waals surface area (Å²) in [6.07, 6.45) is 0. The van der Waals surface area contributed by atoms with Crippen LogP contribution in [-0.2, 0) is 4.18 Å². The summed E-state index contributed by atoms with van der Waals surface area (Å²) in [6.45, 7) is 0. The summed E-state index contributed by atoms with van der Waals surface area (Å²) < 4.78 is 7.21. The average molecular weight is 93.2 g/mol. The molecule has 1 N–H and O–H groups in total. The molecule has 32 valence electrons. The Balaban J connectivity index is 2.19. The third kappa shape index (κ3) is 4.27. The van der Waals surface area contributed by atoms with Gasteiger partial charge < -0.3 is 4.18 Å². The topological polar surface area (TPSA) is 21.3 Å². The van der Waals surface area contributed by atoms with Crippen molar-refractivity contribution in [2.75, 3.05) is 14.2 Å². The highest BCUT2D eigenvalue weighted by molar-refractivity contribution is 7.92. The smallest absolute Gasteiger partial charge is 0.0783 e. The Bertz CT molecular complexity index is 17.1. The van der Waals surface area contributed by atoms with Crippen LogP contribution in [0.15, 0.2) is 0 Å². The molecule has 0 atom stereocenters. The summed E-state index contributed by atoms with van der Waals surface area (Å²) in [5, 5.41) is 0. The van der Waals surface area contributed by atoms with Crippen LogP contribution in [0.25, 0.3) is 0 Å². The maximum absolute atomic E-state index is 4.50. The molecule has 0 aromatic carbocycles. The molecule has 0 spiro atoms. The van der Waals surface area contributed by atoms with Crippen molar-refractivity contribution in [3.63, 3.8) is 0 Å². The molecule has 0 aliphatic heterocycles. The second-order valence-electron chi connectivity index (χ2n) is 0.454. The highest BCUT2D eigenvalue weighted by atomic mass is 32.2. The molecule has 5 heavy (non-hydrogen) atoms. The lowest BCUT2D eigenvalue weighted by Crippen LogP contribution is -1.89. The van der Waals surface area contributed by atoms with E-state index >= 15 is 0 Å². The molecule has 0 aliphatic carbocycles. The summed E-state index contributed by atoms with van der Waals surface area (Å²) in [7, 11) is 3.41. The van der Waals surface area contributed by atoms with Gasteiger partial charge in [-0.3, -0.25) is 0 Å². The Morgan fingerprint density at radius 1 is 1.80 bits per heavy atom. The zero-order valence-corrected chi connectivity index (χ0v) is 4.13. The van der Waals surface area contributed by atoms with Gasteiger partial charge in [0.05, 0.1) is 19.3 Å². The third-order valence-corrected chi connectivity index (χ3v) is 0.500. The van der Waals surface area contributed by atoms with E-state index in [0.717, 1.165) is 0 Å².